The van der Waals surface area contributed by atoms with Gasteiger partial charge >= 0.3 is 5.97 Å². The summed E-state index contributed by atoms with van der Waals surface area (Å²) in [5.41, 5.74) is 0. The van der Waals surface area contributed by atoms with E-state index in [-0.39, 0.29) is 33.4 Å². The van der Waals surface area contributed by atoms with Gasteiger partial charge in [0.1, 0.15) is 0 Å². The van der Waals surface area contributed by atoms with Crippen LogP contribution in [-0.2, 0) is 25.9 Å². The molecule has 54 valence electrons. The minimum atomic E-state index is -0.735. The third kappa shape index (κ3) is 8.16. The number of aliphatic carboxylic acids is 1. The quantitative estimate of drug-likeness (QED) is 0.798. The van der Waals surface area contributed by atoms with Gasteiger partial charge in [0.05, 0.1) is 0 Å². The molecule has 0 saturated carbocycles. The molecule has 0 aliphatic rings. The zero-order valence-corrected chi connectivity index (χ0v) is 8.40. The second-order valence-electron chi connectivity index (χ2n) is 1.99. The van der Waals surface area contributed by atoms with Crippen molar-refractivity contribution in [2.45, 2.75) is 19.8 Å². The molecule has 0 aliphatic carbocycles. The van der Waals surface area contributed by atoms with Crippen LogP contribution in [0.15, 0.2) is 0 Å². The minimum absolute atomic E-state index is 0. The van der Waals surface area contributed by atoms with Crippen molar-refractivity contribution in [1.82, 2.24) is 0 Å². The average Bonchev–Trinajstić information content (AvgIpc) is 1.65. The van der Waals surface area contributed by atoms with Crippen molar-refractivity contribution in [3.8, 4) is 0 Å². The molecule has 0 saturated heterocycles. The van der Waals surface area contributed by atoms with Gasteiger partial charge in [0.2, 0.25) is 0 Å². The summed E-state index contributed by atoms with van der Waals surface area (Å²) in [4.78, 5) is 9.94. The molecule has 0 aromatic heterocycles. The maximum Gasteiger partial charge on any atom is 0.303 e. The minimum Gasteiger partial charge on any atom is -0.481 e. The van der Waals surface area contributed by atoms with Gasteiger partial charge in [-0.15, -0.1) is 0 Å². The van der Waals surface area contributed by atoms with Gasteiger partial charge < -0.3 is 12.0 Å². The maximum atomic E-state index is 9.94. The van der Waals surface area contributed by atoms with Crippen molar-refractivity contribution in [1.29, 1.82) is 0 Å². The second-order valence-corrected chi connectivity index (χ2v) is 1.99. The molecule has 1 atom stereocenters. The van der Waals surface area contributed by atoms with Crippen molar-refractivity contribution in [2.75, 3.05) is 0 Å². The predicted molar refractivity (Wildman–Crippen MR) is 31.4 cm³/mol. The molecule has 2 nitrogen and oxygen atoms in total. The van der Waals surface area contributed by atoms with E-state index < -0.39 is 5.97 Å². The van der Waals surface area contributed by atoms with Crippen LogP contribution >= 0.6 is 0 Å². The van der Waals surface area contributed by atoms with Gasteiger partial charge in [-0.3, -0.25) is 4.79 Å². The van der Waals surface area contributed by atoms with E-state index in [0.717, 1.165) is 0 Å². The monoisotopic (exact) mass is 299 g/mol. The summed E-state index contributed by atoms with van der Waals surface area (Å²) in [6.07, 6.45) is 0.940. The topological polar surface area (TPSA) is 37.3 Å². The van der Waals surface area contributed by atoms with Gasteiger partial charge in [-0.1, -0.05) is 12.8 Å². The molecule has 0 aromatic rings. The molecule has 0 rings (SSSR count). The third-order valence-electron chi connectivity index (χ3n) is 1.02. The molecule has 0 spiro atoms. The Labute approximate surface area is 69.9 Å². The fourth-order valence-electron chi connectivity index (χ4n) is 0.400. The van der Waals surface area contributed by atoms with Gasteiger partial charge in [-0.25, -0.2) is 0 Å². The molecule has 0 heterocycles. The van der Waals surface area contributed by atoms with Crippen LogP contribution in [0.25, 0.3) is 0 Å². The number of carboxylic acids is 1. The first-order valence-electron chi connectivity index (χ1n) is 2.68. The van der Waals surface area contributed by atoms with E-state index in [9.17, 15) is 4.79 Å². The maximum absolute atomic E-state index is 9.94. The number of rotatable bonds is 3. The summed E-state index contributed by atoms with van der Waals surface area (Å²) in [6.45, 7) is 5.45. The van der Waals surface area contributed by atoms with Crippen LogP contribution in [0.1, 0.15) is 19.8 Å². The van der Waals surface area contributed by atoms with E-state index >= 15 is 0 Å². The Hall–Kier alpha value is 0.158. The Morgan fingerprint density at radius 1 is 1.78 bits per heavy atom. The molecule has 0 amide bonds. The Morgan fingerprint density at radius 3 is 2.33 bits per heavy atom. The van der Waals surface area contributed by atoms with Gasteiger partial charge in [0, 0.05) is 27.5 Å². The molecule has 3 heteroatoms. The Kier molecular flexibility index (Phi) is 8.30. The second kappa shape index (κ2) is 6.28. The van der Waals surface area contributed by atoms with Crippen molar-refractivity contribution < 1.29 is 31.0 Å². The number of hydrogen-bond acceptors (Lipinski definition) is 1. The van der Waals surface area contributed by atoms with Crippen LogP contribution < -0.4 is 0 Å². The molecule has 9 heavy (non-hydrogen) atoms. The third-order valence-corrected chi connectivity index (χ3v) is 1.02. The van der Waals surface area contributed by atoms with Crippen molar-refractivity contribution in [3.05, 3.63) is 6.92 Å². The number of hydrogen-bond donors (Lipinski definition) is 1. The predicted octanol–water partition coefficient (Wildman–Crippen LogP) is 1.32. The fraction of sp³-hybridized carbons (Fsp3) is 0.667. The van der Waals surface area contributed by atoms with Crippen molar-refractivity contribution in [3.63, 3.8) is 0 Å². The normalized spacial score (nSPS) is 11.8. The first-order valence-corrected chi connectivity index (χ1v) is 2.68. The average molecular weight is 299 g/mol. The molecular weight excluding hydrogens is 288 g/mol. The smallest absolute Gasteiger partial charge is 0.303 e. The zero-order valence-electron chi connectivity index (χ0n) is 5.46. The van der Waals surface area contributed by atoms with E-state index in [2.05, 4.69) is 6.92 Å². The first-order chi connectivity index (χ1) is 3.66. The zero-order chi connectivity index (χ0) is 6.57. The number of carbonyl (C=O) groups is 1. The van der Waals surface area contributed by atoms with E-state index in [1.165, 1.54) is 0 Å². The molecule has 1 N–H and O–H groups in total. The molecule has 0 aliphatic heterocycles. The summed E-state index contributed by atoms with van der Waals surface area (Å²) in [5, 5.41) is 8.19. The molecule has 0 aromatic carbocycles. The Bertz CT molecular complexity index is 83.1. The van der Waals surface area contributed by atoms with Crippen molar-refractivity contribution >= 4 is 5.97 Å². The van der Waals surface area contributed by atoms with Crippen molar-refractivity contribution in [2.24, 2.45) is 5.92 Å². The van der Waals surface area contributed by atoms with E-state index in [1.54, 1.807) is 0 Å². The Morgan fingerprint density at radius 2 is 2.22 bits per heavy atom. The largest absolute Gasteiger partial charge is 0.481 e. The van der Waals surface area contributed by atoms with Gasteiger partial charge in [-0.05, 0) is 0 Å². The van der Waals surface area contributed by atoms with Crippen LogP contribution in [0.3, 0.4) is 0 Å². The van der Waals surface area contributed by atoms with Gasteiger partial charge in [0.15, 0.2) is 0 Å². The standard InChI is InChI=1S/C6H11O2.W/c1-3-5(2)4-6(7)8;/h5H,1,3-4H2,2H3,(H,7,8);/q-1;/t5-;/m0./s1. The van der Waals surface area contributed by atoms with Crippen LogP contribution in [-0.4, -0.2) is 11.1 Å². The summed E-state index contributed by atoms with van der Waals surface area (Å²) in [5.74, 6) is -0.520. The fourth-order valence-corrected chi connectivity index (χ4v) is 0.400. The van der Waals surface area contributed by atoms with Crippen LogP contribution in [0.4, 0.5) is 0 Å². The Balaban J connectivity index is 0. The van der Waals surface area contributed by atoms with E-state index in [1.807, 2.05) is 6.92 Å². The summed E-state index contributed by atoms with van der Waals surface area (Å²) < 4.78 is 0. The van der Waals surface area contributed by atoms with Crippen LogP contribution in [0.5, 0.6) is 0 Å². The van der Waals surface area contributed by atoms with Crippen LogP contribution in [0, 0.1) is 12.8 Å². The SMILES string of the molecule is [CH2-]C[C@H](C)CC(=O)O.[W]. The summed E-state index contributed by atoms with van der Waals surface area (Å²) in [6, 6.07) is 0. The molecule has 0 unspecified atom stereocenters. The summed E-state index contributed by atoms with van der Waals surface area (Å²) in [7, 11) is 0. The summed E-state index contributed by atoms with van der Waals surface area (Å²) >= 11 is 0. The van der Waals surface area contributed by atoms with Gasteiger partial charge in [0.25, 0.3) is 0 Å². The van der Waals surface area contributed by atoms with Crippen LogP contribution in [0.2, 0.25) is 0 Å². The van der Waals surface area contributed by atoms with E-state index in [0.29, 0.717) is 6.42 Å². The molecule has 0 radical (unpaired) electrons. The first kappa shape index (κ1) is 11.9. The molecular formula is C6H11O2W-. The molecule has 0 fully saturated rings. The molecule has 0 bridgehead atoms. The van der Waals surface area contributed by atoms with E-state index in [4.69, 9.17) is 5.11 Å². The van der Waals surface area contributed by atoms with Gasteiger partial charge in [-0.2, -0.15) is 6.42 Å². The number of carboxylic acid groups (broad SMARTS) is 1.